The van der Waals surface area contributed by atoms with Gasteiger partial charge in [0.1, 0.15) is 5.65 Å². The second kappa shape index (κ2) is 6.15. The molecule has 2 aromatic rings. The molecule has 0 aliphatic heterocycles. The van der Waals surface area contributed by atoms with Gasteiger partial charge in [0.2, 0.25) is 5.95 Å². The molecule has 2 heterocycles. The van der Waals surface area contributed by atoms with Crippen LogP contribution in [0, 0.1) is 3.57 Å². The number of hydrogen-bond acceptors (Lipinski definition) is 3. The number of rotatable bonds is 5. The highest BCUT2D eigenvalue weighted by Crippen LogP contribution is 2.20. The lowest BCUT2D eigenvalue weighted by molar-refractivity contribution is 0.684. The van der Waals surface area contributed by atoms with E-state index in [9.17, 15) is 4.79 Å². The van der Waals surface area contributed by atoms with Crippen molar-refractivity contribution < 1.29 is 0 Å². The Morgan fingerprint density at radius 1 is 1.25 bits per heavy atom. The summed E-state index contributed by atoms with van der Waals surface area (Å²) >= 11 is 2.20. The summed E-state index contributed by atoms with van der Waals surface area (Å²) in [5, 5.41) is 0.715. The number of aromatic nitrogens is 3. The summed E-state index contributed by atoms with van der Waals surface area (Å²) in [6, 6.07) is 0. The molecule has 0 aromatic carbocycles. The number of halogens is 1. The Morgan fingerprint density at radius 2 is 1.85 bits per heavy atom. The van der Waals surface area contributed by atoms with Crippen molar-refractivity contribution in [2.45, 2.75) is 26.7 Å². The summed E-state index contributed by atoms with van der Waals surface area (Å²) in [6.45, 7) is 6.12. The fraction of sp³-hybridized carbons (Fsp3) is 0.571. The Morgan fingerprint density at radius 3 is 2.40 bits per heavy atom. The number of aryl methyl sites for hydroxylation is 1. The summed E-state index contributed by atoms with van der Waals surface area (Å²) < 4.78 is 4.56. The molecule has 6 heteroatoms. The van der Waals surface area contributed by atoms with Crippen molar-refractivity contribution in [3.8, 4) is 0 Å². The molecule has 0 radical (unpaired) electrons. The van der Waals surface area contributed by atoms with Crippen LogP contribution in [0.4, 0.5) is 5.95 Å². The van der Waals surface area contributed by atoms with Crippen molar-refractivity contribution >= 4 is 39.6 Å². The standard InChI is InChI=1S/C14H21IN4O/c1-5-7-19(8-6-2)14-16-12-11(13(20)18(14)4)10(15)9-17(12)3/h9H,5-8H2,1-4H3. The molecule has 2 aromatic heterocycles. The zero-order valence-electron chi connectivity index (χ0n) is 12.5. The maximum Gasteiger partial charge on any atom is 0.265 e. The largest absolute Gasteiger partial charge is 0.342 e. The number of fused-ring (bicyclic) bond motifs is 1. The van der Waals surface area contributed by atoms with Crippen molar-refractivity contribution in [3.05, 3.63) is 20.1 Å². The zero-order chi connectivity index (χ0) is 14.9. The van der Waals surface area contributed by atoms with Crippen LogP contribution in [-0.2, 0) is 14.1 Å². The second-order valence-corrected chi connectivity index (χ2v) is 6.21. The normalized spacial score (nSPS) is 11.2. The van der Waals surface area contributed by atoms with Gasteiger partial charge in [-0.2, -0.15) is 4.98 Å². The first-order valence-corrected chi connectivity index (χ1v) is 8.05. The molecule has 0 fully saturated rings. The predicted molar refractivity (Wildman–Crippen MR) is 91.5 cm³/mol. The highest BCUT2D eigenvalue weighted by Gasteiger charge is 2.17. The van der Waals surface area contributed by atoms with Gasteiger partial charge in [0, 0.05) is 37.0 Å². The molecule has 0 atom stereocenters. The number of anilines is 1. The summed E-state index contributed by atoms with van der Waals surface area (Å²) in [5.41, 5.74) is 0.803. The van der Waals surface area contributed by atoms with Gasteiger partial charge in [-0.25, -0.2) is 0 Å². The molecular formula is C14H21IN4O. The van der Waals surface area contributed by atoms with E-state index in [-0.39, 0.29) is 5.56 Å². The highest BCUT2D eigenvalue weighted by molar-refractivity contribution is 14.1. The van der Waals surface area contributed by atoms with Crippen LogP contribution in [-0.4, -0.2) is 27.2 Å². The molecule has 0 unspecified atom stereocenters. The van der Waals surface area contributed by atoms with E-state index in [0.717, 1.165) is 41.1 Å². The third kappa shape index (κ3) is 2.57. The molecule has 110 valence electrons. The summed E-state index contributed by atoms with van der Waals surface area (Å²) in [4.78, 5) is 19.5. The predicted octanol–water partition coefficient (Wildman–Crippen LogP) is 2.50. The van der Waals surface area contributed by atoms with Gasteiger partial charge in [-0.3, -0.25) is 9.36 Å². The van der Waals surface area contributed by atoms with E-state index in [1.165, 1.54) is 0 Å². The van der Waals surface area contributed by atoms with Gasteiger partial charge in [-0.1, -0.05) is 13.8 Å². The van der Waals surface area contributed by atoms with E-state index in [1.54, 1.807) is 4.57 Å². The Balaban J connectivity index is 2.67. The van der Waals surface area contributed by atoms with Crippen LogP contribution >= 0.6 is 22.6 Å². The van der Waals surface area contributed by atoms with Crippen LogP contribution in [0.3, 0.4) is 0 Å². The van der Waals surface area contributed by atoms with Crippen molar-refractivity contribution in [2.24, 2.45) is 14.1 Å². The number of nitrogens with zero attached hydrogens (tertiary/aromatic N) is 4. The molecule has 20 heavy (non-hydrogen) atoms. The van der Waals surface area contributed by atoms with Gasteiger partial charge in [-0.15, -0.1) is 0 Å². The summed E-state index contributed by atoms with van der Waals surface area (Å²) in [6.07, 6.45) is 4.03. The van der Waals surface area contributed by atoms with Crippen LogP contribution in [0.2, 0.25) is 0 Å². The highest BCUT2D eigenvalue weighted by atomic mass is 127. The van der Waals surface area contributed by atoms with E-state index < -0.39 is 0 Å². The first-order chi connectivity index (χ1) is 9.51. The Kier molecular flexibility index (Phi) is 4.72. The van der Waals surface area contributed by atoms with Crippen LogP contribution in [0.25, 0.3) is 11.0 Å². The van der Waals surface area contributed by atoms with Crippen LogP contribution in [0.5, 0.6) is 0 Å². The van der Waals surface area contributed by atoms with Gasteiger partial charge in [0.25, 0.3) is 5.56 Å². The number of hydrogen-bond donors (Lipinski definition) is 0. The molecular weight excluding hydrogens is 367 g/mol. The van der Waals surface area contributed by atoms with Crippen molar-refractivity contribution in [2.75, 3.05) is 18.0 Å². The minimum absolute atomic E-state index is 0.0345. The first-order valence-electron chi connectivity index (χ1n) is 6.97. The minimum Gasteiger partial charge on any atom is -0.342 e. The van der Waals surface area contributed by atoms with Gasteiger partial charge >= 0.3 is 0 Å². The summed E-state index contributed by atoms with van der Waals surface area (Å²) in [5.74, 6) is 0.767. The van der Waals surface area contributed by atoms with Gasteiger partial charge in [-0.05, 0) is 35.4 Å². The molecule has 0 amide bonds. The molecule has 0 N–H and O–H groups in total. The molecule has 0 spiro atoms. The van der Waals surface area contributed by atoms with Crippen molar-refractivity contribution in [1.29, 1.82) is 0 Å². The van der Waals surface area contributed by atoms with E-state index in [2.05, 4.69) is 41.3 Å². The lowest BCUT2D eigenvalue weighted by atomic mass is 10.3. The molecule has 0 bridgehead atoms. The first kappa shape index (κ1) is 15.3. The third-order valence-electron chi connectivity index (χ3n) is 3.40. The topological polar surface area (TPSA) is 43.1 Å². The SMILES string of the molecule is CCCN(CCC)c1nc2c(c(I)cn2C)c(=O)n1C. The Hall–Kier alpha value is -1.05. The maximum atomic E-state index is 12.6. The average molecular weight is 388 g/mol. The molecule has 0 aliphatic rings. The Bertz CT molecular complexity index is 668. The molecule has 2 rings (SSSR count). The fourth-order valence-electron chi connectivity index (χ4n) is 2.47. The van der Waals surface area contributed by atoms with Crippen LogP contribution in [0.15, 0.2) is 11.0 Å². The smallest absolute Gasteiger partial charge is 0.265 e. The summed E-state index contributed by atoms with van der Waals surface area (Å²) in [7, 11) is 3.75. The fourth-order valence-corrected chi connectivity index (χ4v) is 3.36. The van der Waals surface area contributed by atoms with E-state index >= 15 is 0 Å². The van der Waals surface area contributed by atoms with E-state index in [1.807, 2.05) is 24.9 Å². The van der Waals surface area contributed by atoms with Crippen molar-refractivity contribution in [3.63, 3.8) is 0 Å². The second-order valence-electron chi connectivity index (χ2n) is 5.05. The van der Waals surface area contributed by atoms with Gasteiger partial charge in [0.05, 0.1) is 5.39 Å². The lowest BCUT2D eigenvalue weighted by Crippen LogP contribution is -2.33. The van der Waals surface area contributed by atoms with E-state index in [0.29, 0.717) is 5.39 Å². The quantitative estimate of drug-likeness (QED) is 0.740. The van der Waals surface area contributed by atoms with Gasteiger partial charge in [0.15, 0.2) is 0 Å². The van der Waals surface area contributed by atoms with E-state index in [4.69, 9.17) is 4.98 Å². The lowest BCUT2D eigenvalue weighted by Gasteiger charge is -2.24. The average Bonchev–Trinajstić information content (AvgIpc) is 2.68. The Labute approximate surface area is 132 Å². The minimum atomic E-state index is 0.0345. The van der Waals surface area contributed by atoms with Crippen LogP contribution < -0.4 is 10.5 Å². The molecule has 5 nitrogen and oxygen atoms in total. The maximum absolute atomic E-state index is 12.6. The molecule has 0 saturated carbocycles. The molecule has 0 saturated heterocycles. The van der Waals surface area contributed by atoms with Crippen molar-refractivity contribution in [1.82, 2.24) is 14.1 Å². The van der Waals surface area contributed by atoms with Crippen LogP contribution in [0.1, 0.15) is 26.7 Å². The molecule has 0 aliphatic carbocycles. The van der Waals surface area contributed by atoms with Gasteiger partial charge < -0.3 is 9.47 Å². The third-order valence-corrected chi connectivity index (χ3v) is 4.22. The monoisotopic (exact) mass is 388 g/mol. The zero-order valence-corrected chi connectivity index (χ0v) is 14.6.